The number of hydrogen-bond acceptors (Lipinski definition) is 7. The average Bonchev–Trinajstić information content (AvgIpc) is 2.86. The Balaban J connectivity index is 2.61. The van der Waals surface area contributed by atoms with Crippen molar-refractivity contribution in [1.82, 2.24) is 10.1 Å². The number of hydrogen-bond donors (Lipinski definition) is 2. The molecule has 18 heavy (non-hydrogen) atoms. The molecule has 2 rings (SSSR count). The zero-order chi connectivity index (χ0) is 13.1. The van der Waals surface area contributed by atoms with E-state index in [-0.39, 0.29) is 24.0 Å². The second-order valence-electron chi connectivity index (χ2n) is 3.41. The average molecular weight is 251 g/mol. The fraction of sp³-hybridized carbons (Fsp3) is 0.273. The van der Waals surface area contributed by atoms with Gasteiger partial charge in [-0.2, -0.15) is 4.98 Å². The lowest BCUT2D eigenvalue weighted by Gasteiger charge is -2.11. The van der Waals surface area contributed by atoms with Crippen LogP contribution in [0.15, 0.2) is 16.7 Å². The fourth-order valence-corrected chi connectivity index (χ4v) is 1.57. The van der Waals surface area contributed by atoms with Crippen LogP contribution in [0.4, 0.5) is 0 Å². The monoisotopic (exact) mass is 251 g/mol. The number of nitrogens with two attached hydrogens (primary N) is 1. The van der Waals surface area contributed by atoms with Crippen LogP contribution in [0, 0.1) is 0 Å². The number of benzene rings is 1. The van der Waals surface area contributed by atoms with Crippen molar-refractivity contribution in [3.8, 4) is 28.6 Å². The normalized spacial score (nSPS) is 10.4. The molecule has 0 saturated heterocycles. The zero-order valence-electron chi connectivity index (χ0n) is 10.0. The number of phenolic OH excluding ortho intramolecular Hbond substituents is 1. The van der Waals surface area contributed by atoms with Crippen LogP contribution >= 0.6 is 0 Å². The van der Waals surface area contributed by atoms with Gasteiger partial charge < -0.3 is 24.8 Å². The lowest BCUT2D eigenvalue weighted by molar-refractivity contribution is 0.352. The molecule has 0 unspecified atom stereocenters. The number of nitrogens with zero attached hydrogens (tertiary/aromatic N) is 2. The Kier molecular flexibility index (Phi) is 3.33. The Morgan fingerprint density at radius 1 is 1.33 bits per heavy atom. The van der Waals surface area contributed by atoms with Crippen LogP contribution in [0.1, 0.15) is 5.89 Å². The molecule has 0 atom stereocenters. The summed E-state index contributed by atoms with van der Waals surface area (Å²) in [6, 6.07) is 3.05. The van der Waals surface area contributed by atoms with Gasteiger partial charge in [0.25, 0.3) is 0 Å². The smallest absolute Gasteiger partial charge is 0.240 e. The third-order valence-electron chi connectivity index (χ3n) is 2.39. The Hall–Kier alpha value is -2.28. The number of rotatable bonds is 4. The van der Waals surface area contributed by atoms with Crippen LogP contribution in [0.25, 0.3) is 11.4 Å². The lowest BCUT2D eigenvalue weighted by Crippen LogP contribution is -1.97. The van der Waals surface area contributed by atoms with Crippen molar-refractivity contribution in [1.29, 1.82) is 0 Å². The molecule has 0 bridgehead atoms. The summed E-state index contributed by atoms with van der Waals surface area (Å²) in [7, 11) is 2.96. The minimum atomic E-state index is -0.0305. The first-order valence-corrected chi connectivity index (χ1v) is 5.18. The highest BCUT2D eigenvalue weighted by atomic mass is 16.5. The molecule has 1 heterocycles. The quantitative estimate of drug-likeness (QED) is 0.832. The van der Waals surface area contributed by atoms with E-state index in [9.17, 15) is 5.11 Å². The maximum absolute atomic E-state index is 9.89. The summed E-state index contributed by atoms with van der Waals surface area (Å²) in [5.74, 6) is 1.24. The first-order chi connectivity index (χ1) is 8.71. The van der Waals surface area contributed by atoms with Gasteiger partial charge in [-0.05, 0) is 12.1 Å². The third-order valence-corrected chi connectivity index (χ3v) is 2.39. The van der Waals surface area contributed by atoms with Crippen molar-refractivity contribution in [2.45, 2.75) is 6.54 Å². The summed E-state index contributed by atoms with van der Waals surface area (Å²) >= 11 is 0. The maximum atomic E-state index is 9.89. The van der Waals surface area contributed by atoms with Crippen LogP contribution in [0.2, 0.25) is 0 Å². The number of aromatic hydroxyl groups is 1. The van der Waals surface area contributed by atoms with Crippen LogP contribution in [0.3, 0.4) is 0 Å². The first-order valence-electron chi connectivity index (χ1n) is 5.18. The summed E-state index contributed by atoms with van der Waals surface area (Å²) in [6.45, 7) is 0.125. The van der Waals surface area contributed by atoms with E-state index in [0.29, 0.717) is 17.1 Å². The first kappa shape index (κ1) is 12.2. The molecule has 0 fully saturated rings. The van der Waals surface area contributed by atoms with E-state index in [1.807, 2.05) is 0 Å². The van der Waals surface area contributed by atoms with Crippen molar-refractivity contribution in [3.63, 3.8) is 0 Å². The van der Waals surface area contributed by atoms with Crippen molar-refractivity contribution < 1.29 is 19.1 Å². The molecule has 0 spiro atoms. The van der Waals surface area contributed by atoms with Crippen LogP contribution in [0.5, 0.6) is 17.2 Å². The topological polar surface area (TPSA) is 104 Å². The van der Waals surface area contributed by atoms with E-state index >= 15 is 0 Å². The number of phenols is 1. The van der Waals surface area contributed by atoms with Crippen molar-refractivity contribution in [2.75, 3.05) is 14.2 Å². The number of ether oxygens (including phenoxy) is 2. The van der Waals surface area contributed by atoms with Gasteiger partial charge >= 0.3 is 0 Å². The molecule has 7 heteroatoms. The molecule has 2 aromatic rings. The molecule has 1 aromatic heterocycles. The van der Waals surface area contributed by atoms with E-state index in [4.69, 9.17) is 19.7 Å². The predicted molar refractivity (Wildman–Crippen MR) is 62.4 cm³/mol. The number of aromatic nitrogens is 2. The standard InChI is InChI=1S/C11H13N3O4/c1-16-7-4-3-6(15)9(10(7)17-2)11-13-8(5-12)18-14-11/h3-4,15H,5,12H2,1-2H3. The Morgan fingerprint density at radius 2 is 2.11 bits per heavy atom. The highest BCUT2D eigenvalue weighted by Gasteiger charge is 2.21. The molecular weight excluding hydrogens is 238 g/mol. The Morgan fingerprint density at radius 3 is 2.67 bits per heavy atom. The largest absolute Gasteiger partial charge is 0.507 e. The SMILES string of the molecule is COc1ccc(O)c(-c2noc(CN)n2)c1OC. The predicted octanol–water partition coefficient (Wildman–Crippen LogP) is 0.918. The molecule has 1 aromatic carbocycles. The molecule has 96 valence electrons. The van der Waals surface area contributed by atoms with Crippen molar-refractivity contribution >= 4 is 0 Å². The Bertz CT molecular complexity index is 553. The van der Waals surface area contributed by atoms with E-state index in [2.05, 4.69) is 10.1 Å². The van der Waals surface area contributed by atoms with Crippen LogP contribution in [-0.4, -0.2) is 29.5 Å². The molecule has 0 radical (unpaired) electrons. The Labute approximate surface area is 103 Å². The summed E-state index contributed by atoms with van der Waals surface area (Å²) in [5, 5.41) is 13.6. The van der Waals surface area contributed by atoms with Crippen LogP contribution < -0.4 is 15.2 Å². The van der Waals surface area contributed by atoms with Gasteiger partial charge in [0.15, 0.2) is 11.5 Å². The lowest BCUT2D eigenvalue weighted by atomic mass is 10.1. The molecule has 0 aliphatic rings. The van der Waals surface area contributed by atoms with Gasteiger partial charge in [-0.25, -0.2) is 0 Å². The van der Waals surface area contributed by atoms with Crippen molar-refractivity contribution in [2.24, 2.45) is 5.73 Å². The third kappa shape index (κ3) is 1.95. The van der Waals surface area contributed by atoms with E-state index in [1.54, 1.807) is 6.07 Å². The molecule has 3 N–H and O–H groups in total. The highest BCUT2D eigenvalue weighted by Crippen LogP contribution is 2.42. The number of methoxy groups -OCH3 is 2. The second kappa shape index (κ2) is 4.92. The van der Waals surface area contributed by atoms with Gasteiger partial charge in [0.05, 0.1) is 20.8 Å². The summed E-state index contributed by atoms with van der Waals surface area (Å²) in [4.78, 5) is 4.05. The van der Waals surface area contributed by atoms with Gasteiger partial charge in [-0.3, -0.25) is 0 Å². The minimum absolute atomic E-state index is 0.0305. The fourth-order valence-electron chi connectivity index (χ4n) is 1.57. The second-order valence-corrected chi connectivity index (χ2v) is 3.41. The van der Waals surface area contributed by atoms with Gasteiger partial charge in [-0.15, -0.1) is 0 Å². The molecule has 0 aliphatic heterocycles. The van der Waals surface area contributed by atoms with Gasteiger partial charge in [-0.1, -0.05) is 5.16 Å². The molecule has 0 amide bonds. The maximum Gasteiger partial charge on any atom is 0.240 e. The van der Waals surface area contributed by atoms with E-state index in [1.165, 1.54) is 20.3 Å². The summed E-state index contributed by atoms with van der Waals surface area (Å²) < 4.78 is 15.2. The summed E-state index contributed by atoms with van der Waals surface area (Å²) in [5.41, 5.74) is 5.70. The highest BCUT2D eigenvalue weighted by molar-refractivity contribution is 5.75. The van der Waals surface area contributed by atoms with Gasteiger partial charge in [0, 0.05) is 0 Å². The van der Waals surface area contributed by atoms with Crippen molar-refractivity contribution in [3.05, 3.63) is 18.0 Å². The molecule has 0 saturated carbocycles. The van der Waals surface area contributed by atoms with Gasteiger partial charge in [0.2, 0.25) is 11.7 Å². The zero-order valence-corrected chi connectivity index (χ0v) is 10.0. The molecule has 0 aliphatic carbocycles. The minimum Gasteiger partial charge on any atom is -0.507 e. The molecule has 7 nitrogen and oxygen atoms in total. The van der Waals surface area contributed by atoms with E-state index < -0.39 is 0 Å². The molecular formula is C11H13N3O4. The van der Waals surface area contributed by atoms with Gasteiger partial charge in [0.1, 0.15) is 11.3 Å². The van der Waals surface area contributed by atoms with Crippen LogP contribution in [-0.2, 0) is 6.54 Å². The summed E-state index contributed by atoms with van der Waals surface area (Å²) in [6.07, 6.45) is 0. The van der Waals surface area contributed by atoms with E-state index in [0.717, 1.165) is 0 Å².